The lowest BCUT2D eigenvalue weighted by atomic mass is 9.94. The van der Waals surface area contributed by atoms with Crippen molar-refractivity contribution in [3.05, 3.63) is 206 Å². The molecule has 3 heterocycles. The second-order valence-electron chi connectivity index (χ2n) is 14.9. The van der Waals surface area contributed by atoms with Crippen molar-refractivity contribution in [2.24, 2.45) is 0 Å². The first-order valence-electron chi connectivity index (χ1n) is 19.7. The topological polar surface area (TPSA) is 34.5 Å². The van der Waals surface area contributed by atoms with Gasteiger partial charge in [0.25, 0.3) is 0 Å². The summed E-state index contributed by atoms with van der Waals surface area (Å²) in [6.07, 6.45) is 0. The van der Waals surface area contributed by atoms with Crippen molar-refractivity contribution in [1.29, 1.82) is 0 Å². The number of para-hydroxylation sites is 3. The molecule has 0 fully saturated rings. The van der Waals surface area contributed by atoms with E-state index >= 15 is 0 Å². The Balaban J connectivity index is 1.17. The van der Waals surface area contributed by atoms with E-state index < -0.39 is 0 Å². The Morgan fingerprint density at radius 1 is 0.328 bits per heavy atom. The van der Waals surface area contributed by atoms with E-state index in [1.807, 2.05) is 18.2 Å². The molecule has 0 N–H and O–H groups in total. The van der Waals surface area contributed by atoms with Crippen molar-refractivity contribution in [3.63, 3.8) is 0 Å². The normalized spacial score (nSPS) is 11.8. The number of hydrogen-bond acceptors (Lipinski definition) is 3. The third-order valence-corrected chi connectivity index (χ3v) is 11.6. The van der Waals surface area contributed by atoms with E-state index in [0.717, 1.165) is 94.2 Å². The van der Waals surface area contributed by atoms with Gasteiger partial charge in [-0.25, -0.2) is 0 Å². The van der Waals surface area contributed by atoms with Gasteiger partial charge in [0.1, 0.15) is 22.3 Å². The molecule has 3 aromatic heterocycles. The molecule has 272 valence electrons. The molecule has 9 aromatic carbocycles. The van der Waals surface area contributed by atoms with Gasteiger partial charge in [0.15, 0.2) is 0 Å². The second kappa shape index (κ2) is 12.9. The summed E-state index contributed by atoms with van der Waals surface area (Å²) in [5.41, 5.74) is 14.6. The van der Waals surface area contributed by atoms with Crippen LogP contribution in [-0.4, -0.2) is 4.57 Å². The van der Waals surface area contributed by atoms with Gasteiger partial charge < -0.3 is 18.3 Å². The first-order valence-corrected chi connectivity index (χ1v) is 19.7. The number of hydrogen-bond donors (Lipinski definition) is 0. The molecule has 0 atom stereocenters. The Hall–Kier alpha value is -7.82. The molecule has 12 aromatic rings. The fraction of sp³-hybridized carbons (Fsp3) is 0. The fourth-order valence-electron chi connectivity index (χ4n) is 8.99. The molecule has 0 bridgehead atoms. The van der Waals surface area contributed by atoms with Crippen LogP contribution in [0.2, 0.25) is 0 Å². The molecule has 0 radical (unpaired) electrons. The van der Waals surface area contributed by atoms with Crippen molar-refractivity contribution < 1.29 is 8.83 Å². The van der Waals surface area contributed by atoms with Gasteiger partial charge in [-0.3, -0.25) is 0 Å². The summed E-state index contributed by atoms with van der Waals surface area (Å²) in [4.78, 5) is 2.33. The third-order valence-electron chi connectivity index (χ3n) is 11.6. The average Bonchev–Trinajstić information content (AvgIpc) is 3.96. The number of aromatic nitrogens is 1. The minimum Gasteiger partial charge on any atom is -0.456 e. The zero-order valence-electron chi connectivity index (χ0n) is 31.3. The van der Waals surface area contributed by atoms with E-state index in [9.17, 15) is 0 Å². The van der Waals surface area contributed by atoms with E-state index in [2.05, 4.69) is 198 Å². The van der Waals surface area contributed by atoms with Crippen LogP contribution in [0.15, 0.2) is 215 Å². The van der Waals surface area contributed by atoms with Crippen molar-refractivity contribution in [3.8, 4) is 27.9 Å². The molecular formula is C54H34N2O2. The van der Waals surface area contributed by atoms with Gasteiger partial charge in [-0.05, 0) is 83.4 Å². The summed E-state index contributed by atoms with van der Waals surface area (Å²) in [5.74, 6) is 0. The number of furan rings is 2. The van der Waals surface area contributed by atoms with E-state index in [4.69, 9.17) is 8.83 Å². The van der Waals surface area contributed by atoms with Crippen molar-refractivity contribution in [2.45, 2.75) is 0 Å². The van der Waals surface area contributed by atoms with Gasteiger partial charge >= 0.3 is 0 Å². The molecule has 12 rings (SSSR count). The number of nitrogens with zero attached hydrogens (tertiary/aromatic N) is 2. The minimum absolute atomic E-state index is 0.858. The van der Waals surface area contributed by atoms with Crippen LogP contribution in [0.1, 0.15) is 0 Å². The number of benzene rings is 9. The smallest absolute Gasteiger partial charge is 0.138 e. The molecule has 4 nitrogen and oxygen atoms in total. The number of anilines is 3. The Bertz CT molecular complexity index is 3490. The molecule has 0 spiro atoms. The highest BCUT2D eigenvalue weighted by Gasteiger charge is 2.24. The Labute approximate surface area is 334 Å². The predicted molar refractivity (Wildman–Crippen MR) is 241 cm³/mol. The lowest BCUT2D eigenvalue weighted by Gasteiger charge is -2.25. The highest BCUT2D eigenvalue weighted by molar-refractivity contribution is 6.27. The van der Waals surface area contributed by atoms with Crippen molar-refractivity contribution in [1.82, 2.24) is 4.57 Å². The standard InChI is InChI=1S/C54H34N2O2/c1-4-14-35(15-5-1)36-24-26-39(27-25-36)56-46-31-29-40(55(38-18-8-3-9-19-38)41-28-30-43-42-20-10-12-22-48(42)57-50(43)33-41)32-45(46)53-47(56)34-51-54(44-21-11-13-23-49(44)58-51)52(53)37-16-6-2-7-17-37/h1-34H. The van der Waals surface area contributed by atoms with Gasteiger partial charge in [0, 0.05) is 72.8 Å². The largest absolute Gasteiger partial charge is 0.456 e. The maximum absolute atomic E-state index is 6.69. The molecule has 0 saturated carbocycles. The Morgan fingerprint density at radius 3 is 1.66 bits per heavy atom. The van der Waals surface area contributed by atoms with E-state index in [-0.39, 0.29) is 0 Å². The quantitative estimate of drug-likeness (QED) is 0.170. The molecule has 0 aliphatic heterocycles. The maximum atomic E-state index is 6.69. The Morgan fingerprint density at radius 2 is 0.897 bits per heavy atom. The summed E-state index contributed by atoms with van der Waals surface area (Å²) in [7, 11) is 0. The minimum atomic E-state index is 0.858. The van der Waals surface area contributed by atoms with Gasteiger partial charge in [-0.1, -0.05) is 127 Å². The second-order valence-corrected chi connectivity index (χ2v) is 14.9. The molecule has 4 heteroatoms. The predicted octanol–water partition coefficient (Wildman–Crippen LogP) is 15.4. The van der Waals surface area contributed by atoms with Crippen LogP contribution in [0.4, 0.5) is 17.1 Å². The first-order chi connectivity index (χ1) is 28.8. The lowest BCUT2D eigenvalue weighted by Crippen LogP contribution is -2.09. The summed E-state index contributed by atoms with van der Waals surface area (Å²) in [6, 6.07) is 73.2. The summed E-state index contributed by atoms with van der Waals surface area (Å²) in [6.45, 7) is 0. The number of rotatable bonds is 6. The van der Waals surface area contributed by atoms with Crippen LogP contribution < -0.4 is 4.90 Å². The lowest BCUT2D eigenvalue weighted by molar-refractivity contribution is 0.668. The fourth-order valence-corrected chi connectivity index (χ4v) is 8.99. The summed E-state index contributed by atoms with van der Waals surface area (Å²) >= 11 is 0. The van der Waals surface area contributed by atoms with Gasteiger partial charge in [0.2, 0.25) is 0 Å². The highest BCUT2D eigenvalue weighted by Crippen LogP contribution is 2.48. The molecule has 0 unspecified atom stereocenters. The average molecular weight is 743 g/mol. The molecule has 0 aliphatic carbocycles. The van der Waals surface area contributed by atoms with Crippen LogP contribution in [0.25, 0.3) is 93.6 Å². The number of fused-ring (bicyclic) bond motifs is 9. The summed E-state index contributed by atoms with van der Waals surface area (Å²) < 4.78 is 15.5. The van der Waals surface area contributed by atoms with E-state index in [1.54, 1.807) is 0 Å². The van der Waals surface area contributed by atoms with Crippen LogP contribution >= 0.6 is 0 Å². The monoisotopic (exact) mass is 742 g/mol. The zero-order valence-corrected chi connectivity index (χ0v) is 31.3. The zero-order chi connectivity index (χ0) is 38.2. The molecule has 58 heavy (non-hydrogen) atoms. The van der Waals surface area contributed by atoms with Crippen LogP contribution in [0.3, 0.4) is 0 Å². The van der Waals surface area contributed by atoms with Crippen LogP contribution in [-0.2, 0) is 0 Å². The van der Waals surface area contributed by atoms with E-state index in [1.165, 1.54) is 16.5 Å². The van der Waals surface area contributed by atoms with Gasteiger partial charge in [-0.15, -0.1) is 0 Å². The summed E-state index contributed by atoms with van der Waals surface area (Å²) in [5, 5.41) is 6.77. The molecular weight excluding hydrogens is 709 g/mol. The van der Waals surface area contributed by atoms with Crippen molar-refractivity contribution in [2.75, 3.05) is 4.90 Å². The Kier molecular flexibility index (Phi) is 7.20. The third kappa shape index (κ3) is 5.02. The van der Waals surface area contributed by atoms with E-state index in [0.29, 0.717) is 0 Å². The molecule has 0 aliphatic rings. The highest BCUT2D eigenvalue weighted by atomic mass is 16.3. The van der Waals surface area contributed by atoms with Crippen molar-refractivity contribution >= 4 is 82.7 Å². The SMILES string of the molecule is c1ccc(-c2ccc(-n3c4ccc(N(c5ccccc5)c5ccc6c(c5)oc5ccccc56)cc4c4c(-c5ccccc5)c5c(cc43)oc3ccccc35)cc2)cc1. The van der Waals surface area contributed by atoms with Gasteiger partial charge in [-0.2, -0.15) is 0 Å². The first kappa shape index (κ1) is 32.4. The van der Waals surface area contributed by atoms with Gasteiger partial charge in [0.05, 0.1) is 11.0 Å². The molecule has 0 saturated heterocycles. The van der Waals surface area contributed by atoms with Crippen LogP contribution in [0, 0.1) is 0 Å². The maximum Gasteiger partial charge on any atom is 0.138 e. The molecule has 0 amide bonds. The van der Waals surface area contributed by atoms with Crippen LogP contribution in [0.5, 0.6) is 0 Å².